The van der Waals surface area contributed by atoms with Crippen LogP contribution in [0.3, 0.4) is 0 Å². The number of hydrogen-bond acceptors (Lipinski definition) is 3. The van der Waals surface area contributed by atoms with Gasteiger partial charge in [0.15, 0.2) is 5.78 Å². The highest BCUT2D eigenvalue weighted by Gasteiger charge is 1.99. The summed E-state index contributed by atoms with van der Waals surface area (Å²) in [5.74, 6) is 0.0422. The molecule has 0 bridgehead atoms. The largest absolute Gasteiger partial charge is 0.295 e. The second-order valence-corrected chi connectivity index (χ2v) is 3.42. The molecule has 1 aromatic carbocycles. The summed E-state index contributed by atoms with van der Waals surface area (Å²) >= 11 is 0. The van der Waals surface area contributed by atoms with Gasteiger partial charge >= 0.3 is 0 Å². The molecule has 1 aromatic heterocycles. The summed E-state index contributed by atoms with van der Waals surface area (Å²) in [7, 11) is 0. The number of rotatable bonds is 3. The van der Waals surface area contributed by atoms with Crippen LogP contribution in [-0.2, 0) is 4.79 Å². The summed E-state index contributed by atoms with van der Waals surface area (Å²) in [4.78, 5) is 10.8. The van der Waals surface area contributed by atoms with Gasteiger partial charge in [-0.2, -0.15) is 0 Å². The number of ketones is 1. The zero-order valence-corrected chi connectivity index (χ0v) is 8.84. The Morgan fingerprint density at radius 3 is 2.62 bits per heavy atom. The van der Waals surface area contributed by atoms with E-state index in [0.29, 0.717) is 0 Å². The Bertz CT molecular complexity index is 498. The number of carbonyl (C=O) groups is 1. The fraction of sp³-hybridized carbons (Fsp3) is 0.0833. The number of benzene rings is 1. The molecule has 0 aliphatic heterocycles. The van der Waals surface area contributed by atoms with Crippen molar-refractivity contribution in [1.29, 1.82) is 0 Å². The molecule has 16 heavy (non-hydrogen) atoms. The molecule has 0 saturated carbocycles. The molecule has 4 heteroatoms. The highest BCUT2D eigenvalue weighted by Crippen LogP contribution is 2.16. The second kappa shape index (κ2) is 4.53. The number of nitrogens with zero attached hydrogens (tertiary/aromatic N) is 2. The van der Waals surface area contributed by atoms with Crippen molar-refractivity contribution in [3.05, 3.63) is 42.1 Å². The van der Waals surface area contributed by atoms with E-state index < -0.39 is 0 Å². The van der Waals surface area contributed by atoms with Crippen molar-refractivity contribution in [3.63, 3.8) is 0 Å². The second-order valence-electron chi connectivity index (χ2n) is 3.42. The van der Waals surface area contributed by atoms with Crippen molar-refractivity contribution in [2.75, 3.05) is 0 Å². The van der Waals surface area contributed by atoms with E-state index >= 15 is 0 Å². The lowest BCUT2D eigenvalue weighted by Crippen LogP contribution is -1.81. The molecule has 2 rings (SSSR count). The summed E-state index contributed by atoms with van der Waals surface area (Å²) in [5.41, 5.74) is 2.79. The van der Waals surface area contributed by atoms with E-state index in [1.54, 1.807) is 18.3 Å². The van der Waals surface area contributed by atoms with Gasteiger partial charge in [-0.05, 0) is 18.6 Å². The van der Waals surface area contributed by atoms with Crippen molar-refractivity contribution in [2.24, 2.45) is 0 Å². The van der Waals surface area contributed by atoms with Crippen LogP contribution >= 0.6 is 0 Å². The van der Waals surface area contributed by atoms with E-state index in [1.165, 1.54) is 6.92 Å². The van der Waals surface area contributed by atoms with Crippen molar-refractivity contribution < 1.29 is 4.79 Å². The van der Waals surface area contributed by atoms with Crippen molar-refractivity contribution in [1.82, 2.24) is 15.4 Å². The molecule has 0 radical (unpaired) electrons. The van der Waals surface area contributed by atoms with Crippen LogP contribution in [0.25, 0.3) is 17.3 Å². The summed E-state index contributed by atoms with van der Waals surface area (Å²) in [6, 6.07) is 7.75. The molecule has 2 aromatic rings. The third-order valence-corrected chi connectivity index (χ3v) is 2.13. The van der Waals surface area contributed by atoms with Crippen LogP contribution in [0.5, 0.6) is 0 Å². The molecule has 0 unspecified atom stereocenters. The Morgan fingerprint density at radius 1 is 1.31 bits per heavy atom. The molecule has 1 heterocycles. The molecule has 0 amide bonds. The van der Waals surface area contributed by atoms with Gasteiger partial charge in [0.1, 0.15) is 5.69 Å². The summed E-state index contributed by atoms with van der Waals surface area (Å²) in [6.45, 7) is 1.53. The fourth-order valence-corrected chi connectivity index (χ4v) is 1.32. The maximum Gasteiger partial charge on any atom is 0.152 e. The topological polar surface area (TPSA) is 58.6 Å². The van der Waals surface area contributed by atoms with Crippen molar-refractivity contribution in [3.8, 4) is 11.3 Å². The van der Waals surface area contributed by atoms with Gasteiger partial charge in [0, 0.05) is 11.8 Å². The van der Waals surface area contributed by atoms with Gasteiger partial charge in [0.05, 0.1) is 0 Å². The summed E-state index contributed by atoms with van der Waals surface area (Å²) in [6.07, 6.45) is 5.07. The maximum absolute atomic E-state index is 10.8. The number of H-pyrrole nitrogens is 1. The lowest BCUT2D eigenvalue weighted by molar-refractivity contribution is -0.112. The molecular formula is C12H11N3O. The van der Waals surface area contributed by atoms with Crippen molar-refractivity contribution in [2.45, 2.75) is 6.92 Å². The third-order valence-electron chi connectivity index (χ3n) is 2.13. The molecule has 0 saturated heterocycles. The van der Waals surface area contributed by atoms with Gasteiger partial charge in [-0.25, -0.2) is 0 Å². The minimum atomic E-state index is 0.0422. The predicted molar refractivity (Wildman–Crippen MR) is 61.5 cm³/mol. The molecule has 80 valence electrons. The SMILES string of the molecule is CC(=O)/C=C/c1ccc(-c2c[nH]nn2)cc1. The van der Waals surface area contributed by atoms with E-state index in [4.69, 9.17) is 0 Å². The molecule has 0 aliphatic carbocycles. The number of aromatic nitrogens is 3. The molecule has 0 atom stereocenters. The van der Waals surface area contributed by atoms with E-state index in [0.717, 1.165) is 16.8 Å². The minimum Gasteiger partial charge on any atom is -0.295 e. The standard InChI is InChI=1S/C12H11N3O/c1-9(16)2-3-10-4-6-11(7-5-10)12-8-13-15-14-12/h2-8H,1H3,(H,13,14,15)/b3-2+. The average Bonchev–Trinajstić information content (AvgIpc) is 2.80. The van der Waals surface area contributed by atoms with Gasteiger partial charge in [-0.15, -0.1) is 5.10 Å². The van der Waals surface area contributed by atoms with Crippen molar-refractivity contribution >= 4 is 11.9 Å². The Labute approximate surface area is 93.0 Å². The van der Waals surface area contributed by atoms with Gasteiger partial charge in [0.25, 0.3) is 0 Å². The molecule has 0 fully saturated rings. The van der Waals surface area contributed by atoms with E-state index in [1.807, 2.05) is 24.3 Å². The van der Waals surface area contributed by atoms with E-state index in [9.17, 15) is 4.79 Å². The highest BCUT2D eigenvalue weighted by atomic mass is 16.1. The first-order valence-corrected chi connectivity index (χ1v) is 4.91. The van der Waals surface area contributed by atoms with Crippen LogP contribution in [0.2, 0.25) is 0 Å². The first-order valence-electron chi connectivity index (χ1n) is 4.91. The maximum atomic E-state index is 10.8. The van der Waals surface area contributed by atoms with Crippen LogP contribution in [0.4, 0.5) is 0 Å². The zero-order chi connectivity index (χ0) is 11.4. The summed E-state index contributed by atoms with van der Waals surface area (Å²) in [5, 5.41) is 10.2. The van der Waals surface area contributed by atoms with Crippen LogP contribution in [0, 0.1) is 0 Å². The zero-order valence-electron chi connectivity index (χ0n) is 8.84. The lowest BCUT2D eigenvalue weighted by atomic mass is 10.1. The van der Waals surface area contributed by atoms with Crippen LogP contribution in [0.1, 0.15) is 12.5 Å². The monoisotopic (exact) mass is 213 g/mol. The normalized spacial score (nSPS) is 10.8. The molecule has 1 N–H and O–H groups in total. The Balaban J connectivity index is 2.20. The Kier molecular flexibility index (Phi) is 2.91. The predicted octanol–water partition coefficient (Wildman–Crippen LogP) is 2.07. The highest BCUT2D eigenvalue weighted by molar-refractivity contribution is 5.91. The van der Waals surface area contributed by atoms with Gasteiger partial charge in [0.2, 0.25) is 0 Å². The quantitative estimate of drug-likeness (QED) is 0.794. The fourth-order valence-electron chi connectivity index (χ4n) is 1.32. The van der Waals surface area contributed by atoms with Crippen LogP contribution in [0.15, 0.2) is 36.5 Å². The molecule has 0 spiro atoms. The third kappa shape index (κ3) is 2.42. The average molecular weight is 213 g/mol. The summed E-state index contributed by atoms with van der Waals surface area (Å²) < 4.78 is 0. The number of aromatic amines is 1. The number of nitrogens with one attached hydrogen (secondary N) is 1. The van der Waals surface area contributed by atoms with E-state index in [-0.39, 0.29) is 5.78 Å². The van der Waals surface area contributed by atoms with Crippen LogP contribution in [-0.4, -0.2) is 21.2 Å². The minimum absolute atomic E-state index is 0.0422. The number of hydrogen-bond donors (Lipinski definition) is 1. The first kappa shape index (κ1) is 10.3. The smallest absolute Gasteiger partial charge is 0.152 e. The Hall–Kier alpha value is -2.23. The van der Waals surface area contributed by atoms with E-state index in [2.05, 4.69) is 15.4 Å². The van der Waals surface area contributed by atoms with Crippen LogP contribution < -0.4 is 0 Å². The lowest BCUT2D eigenvalue weighted by Gasteiger charge is -1.96. The molecular weight excluding hydrogens is 202 g/mol. The van der Waals surface area contributed by atoms with Gasteiger partial charge < -0.3 is 0 Å². The number of allylic oxidation sites excluding steroid dienone is 1. The number of carbonyl (C=O) groups excluding carboxylic acids is 1. The Morgan fingerprint density at radius 2 is 2.06 bits per heavy atom. The molecule has 0 aliphatic rings. The van der Waals surface area contributed by atoms with Gasteiger partial charge in [-0.3, -0.25) is 9.89 Å². The van der Waals surface area contributed by atoms with Gasteiger partial charge in [-0.1, -0.05) is 35.6 Å². The first-order chi connectivity index (χ1) is 7.75. The molecule has 4 nitrogen and oxygen atoms in total.